The first kappa shape index (κ1) is 16.1. The number of benzene rings is 2. The van der Waals surface area contributed by atoms with Crippen LogP contribution in [0.1, 0.15) is 11.5 Å². The lowest BCUT2D eigenvalue weighted by Crippen LogP contribution is -2.27. The highest BCUT2D eigenvalue weighted by Crippen LogP contribution is 2.63. The normalized spacial score (nSPS) is 26.9. The van der Waals surface area contributed by atoms with Crippen molar-refractivity contribution in [1.82, 2.24) is 0 Å². The van der Waals surface area contributed by atoms with E-state index >= 15 is 0 Å². The molecule has 1 saturated carbocycles. The molecule has 4 nitrogen and oxygen atoms in total. The Kier molecular flexibility index (Phi) is 4.00. The van der Waals surface area contributed by atoms with Crippen molar-refractivity contribution in [3.8, 4) is 0 Å². The topological polar surface area (TPSA) is 80.4 Å². The van der Waals surface area contributed by atoms with Gasteiger partial charge in [-0.2, -0.15) is 0 Å². The minimum absolute atomic E-state index is 0.0439. The first-order valence-electron chi connectivity index (χ1n) is 7.33. The van der Waals surface area contributed by atoms with Gasteiger partial charge >= 0.3 is 0 Å². The largest absolute Gasteiger partial charge is 0.396 e. The van der Waals surface area contributed by atoms with Gasteiger partial charge in [0, 0.05) is 17.9 Å². The fourth-order valence-electron chi connectivity index (χ4n) is 3.37. The molecule has 3 N–H and O–H groups in total. The molecule has 3 rings (SSSR count). The van der Waals surface area contributed by atoms with Crippen LogP contribution in [0.2, 0.25) is 0 Å². The molecule has 2 aromatic rings. The predicted molar refractivity (Wildman–Crippen MR) is 85.1 cm³/mol. The predicted octanol–water partition coefficient (Wildman–Crippen LogP) is 1.70. The quantitative estimate of drug-likeness (QED) is 0.871. The number of sulfone groups is 1. The lowest BCUT2D eigenvalue weighted by Gasteiger charge is -2.12. The number of halogens is 1. The van der Waals surface area contributed by atoms with Crippen LogP contribution in [0.3, 0.4) is 0 Å². The van der Waals surface area contributed by atoms with Gasteiger partial charge in [-0.15, -0.1) is 0 Å². The third-order valence-electron chi connectivity index (χ3n) is 4.69. The number of hydrogen-bond donors (Lipinski definition) is 2. The molecular formula is C17H18FNO3S. The van der Waals surface area contributed by atoms with Crippen molar-refractivity contribution in [3.05, 3.63) is 66.0 Å². The molecule has 1 aliphatic carbocycles. The van der Waals surface area contributed by atoms with Crippen LogP contribution in [0.25, 0.3) is 0 Å². The van der Waals surface area contributed by atoms with Gasteiger partial charge in [0.1, 0.15) is 5.82 Å². The van der Waals surface area contributed by atoms with Gasteiger partial charge < -0.3 is 10.8 Å². The summed E-state index contributed by atoms with van der Waals surface area (Å²) in [5.74, 6) is -0.831. The van der Waals surface area contributed by atoms with Crippen molar-refractivity contribution < 1.29 is 17.9 Å². The molecule has 0 saturated heterocycles. The molecule has 23 heavy (non-hydrogen) atoms. The highest BCUT2D eigenvalue weighted by atomic mass is 32.2. The lowest BCUT2D eigenvalue weighted by molar-refractivity contribution is 0.212. The summed E-state index contributed by atoms with van der Waals surface area (Å²) in [5.41, 5.74) is 5.56. The molecule has 0 aromatic heterocycles. The van der Waals surface area contributed by atoms with E-state index in [1.807, 2.05) is 0 Å². The van der Waals surface area contributed by atoms with Crippen molar-refractivity contribution >= 4 is 9.84 Å². The molecule has 0 bridgehead atoms. The molecule has 3 atom stereocenters. The molecule has 1 aliphatic rings. The van der Waals surface area contributed by atoms with E-state index in [0.29, 0.717) is 5.56 Å². The summed E-state index contributed by atoms with van der Waals surface area (Å²) in [7, 11) is -3.64. The number of hydrogen-bond acceptors (Lipinski definition) is 4. The summed E-state index contributed by atoms with van der Waals surface area (Å²) < 4.78 is 39.0. The second kappa shape index (κ2) is 5.70. The second-order valence-corrected chi connectivity index (χ2v) is 7.97. The number of aliphatic hydroxyl groups is 1. The maximum absolute atomic E-state index is 13.1. The molecule has 2 aromatic carbocycles. The van der Waals surface area contributed by atoms with Crippen LogP contribution < -0.4 is 5.73 Å². The Balaban J connectivity index is 2.05. The molecule has 0 amide bonds. The number of aliphatic hydroxyl groups excluding tert-OH is 1. The van der Waals surface area contributed by atoms with Crippen LogP contribution in [-0.4, -0.2) is 31.9 Å². The summed E-state index contributed by atoms with van der Waals surface area (Å²) in [5, 5.41) is 9.00. The molecule has 0 spiro atoms. The van der Waals surface area contributed by atoms with Crippen LogP contribution >= 0.6 is 0 Å². The Morgan fingerprint density at radius 3 is 2.22 bits per heavy atom. The smallest absolute Gasteiger partial charge is 0.182 e. The van der Waals surface area contributed by atoms with E-state index in [9.17, 15) is 17.9 Å². The highest BCUT2D eigenvalue weighted by Gasteiger charge is 2.70. The zero-order valence-corrected chi connectivity index (χ0v) is 13.2. The van der Waals surface area contributed by atoms with Crippen LogP contribution in [0.5, 0.6) is 0 Å². The third-order valence-corrected chi connectivity index (χ3v) is 7.03. The van der Waals surface area contributed by atoms with Crippen molar-refractivity contribution in [2.75, 3.05) is 13.2 Å². The summed E-state index contributed by atoms with van der Waals surface area (Å²) in [4.78, 5) is 0.209. The molecule has 0 unspecified atom stereocenters. The summed E-state index contributed by atoms with van der Waals surface area (Å²) in [6.45, 7) is -0.287. The maximum atomic E-state index is 13.1. The Morgan fingerprint density at radius 2 is 1.70 bits per heavy atom. The first-order chi connectivity index (χ1) is 11.0. The second-order valence-electron chi connectivity index (χ2n) is 5.90. The maximum Gasteiger partial charge on any atom is 0.182 e. The average Bonchev–Trinajstić information content (AvgIpc) is 3.27. The first-order valence-corrected chi connectivity index (χ1v) is 8.87. The Labute approximate surface area is 134 Å². The van der Waals surface area contributed by atoms with E-state index in [1.54, 1.807) is 30.3 Å². The van der Waals surface area contributed by atoms with E-state index in [-0.39, 0.29) is 23.9 Å². The molecule has 0 radical (unpaired) electrons. The molecule has 1 fully saturated rings. The number of nitrogens with two attached hydrogens (primary N) is 1. The van der Waals surface area contributed by atoms with Crippen molar-refractivity contribution in [2.24, 2.45) is 11.1 Å². The molecule has 0 heterocycles. The van der Waals surface area contributed by atoms with Crippen LogP contribution in [0.15, 0.2) is 59.5 Å². The van der Waals surface area contributed by atoms with Crippen molar-refractivity contribution in [1.29, 1.82) is 0 Å². The zero-order chi connectivity index (χ0) is 16.7. The van der Waals surface area contributed by atoms with Gasteiger partial charge in [-0.25, -0.2) is 12.8 Å². The van der Waals surface area contributed by atoms with E-state index in [1.165, 1.54) is 24.3 Å². The van der Waals surface area contributed by atoms with Gasteiger partial charge in [-0.3, -0.25) is 0 Å². The van der Waals surface area contributed by atoms with Crippen LogP contribution in [0, 0.1) is 11.2 Å². The standard InChI is InChI=1S/C17H18FNO3S/c18-13-8-6-12(7-9-13)15-16(17(15,10-19)11-20)23(21,22)14-4-2-1-3-5-14/h1-9,15-16,20H,10-11,19H2/t15-,16-,17+/m1/s1. The average molecular weight is 335 g/mol. The Bertz CT molecular complexity index is 786. The minimum atomic E-state index is -3.64. The van der Waals surface area contributed by atoms with Crippen molar-refractivity contribution in [2.45, 2.75) is 16.1 Å². The monoisotopic (exact) mass is 335 g/mol. The van der Waals surface area contributed by atoms with Gasteiger partial charge in [0.2, 0.25) is 0 Å². The number of rotatable bonds is 5. The fourth-order valence-corrected chi connectivity index (χ4v) is 5.84. The third kappa shape index (κ3) is 2.47. The van der Waals surface area contributed by atoms with Gasteiger partial charge in [0.05, 0.1) is 16.8 Å². The van der Waals surface area contributed by atoms with Crippen LogP contribution in [0.4, 0.5) is 4.39 Å². The molecular weight excluding hydrogens is 317 g/mol. The van der Waals surface area contributed by atoms with Crippen molar-refractivity contribution in [3.63, 3.8) is 0 Å². The summed E-state index contributed by atoms with van der Waals surface area (Å²) >= 11 is 0. The van der Waals surface area contributed by atoms with E-state index in [4.69, 9.17) is 5.73 Å². The highest BCUT2D eigenvalue weighted by molar-refractivity contribution is 7.92. The lowest BCUT2D eigenvalue weighted by atomic mass is 10.0. The fraction of sp³-hybridized carbons (Fsp3) is 0.294. The summed E-state index contributed by atoms with van der Waals surface area (Å²) in [6, 6.07) is 13.8. The zero-order valence-electron chi connectivity index (χ0n) is 12.4. The van der Waals surface area contributed by atoms with E-state index in [2.05, 4.69) is 0 Å². The van der Waals surface area contributed by atoms with Gasteiger partial charge in [0.25, 0.3) is 0 Å². The van der Waals surface area contributed by atoms with Gasteiger partial charge in [-0.05, 0) is 29.8 Å². The van der Waals surface area contributed by atoms with Gasteiger partial charge in [0.15, 0.2) is 9.84 Å². The molecule has 122 valence electrons. The van der Waals surface area contributed by atoms with E-state index in [0.717, 1.165) is 0 Å². The SMILES string of the molecule is NC[C@]1(CO)[C@H](c2ccc(F)cc2)[C@H]1S(=O)(=O)c1ccccc1. The molecule has 0 aliphatic heterocycles. The Hall–Kier alpha value is -1.76. The van der Waals surface area contributed by atoms with Gasteiger partial charge in [-0.1, -0.05) is 30.3 Å². The van der Waals surface area contributed by atoms with Crippen LogP contribution in [-0.2, 0) is 9.84 Å². The Morgan fingerprint density at radius 1 is 1.09 bits per heavy atom. The molecule has 6 heteroatoms. The van der Waals surface area contributed by atoms with E-state index < -0.39 is 26.4 Å². The minimum Gasteiger partial charge on any atom is -0.396 e. The summed E-state index contributed by atoms with van der Waals surface area (Å²) in [6.07, 6.45) is 0.